The van der Waals surface area contributed by atoms with E-state index in [-0.39, 0.29) is 11.4 Å². The number of rotatable bonds is 2. The first-order valence-electron chi connectivity index (χ1n) is 4.52. The summed E-state index contributed by atoms with van der Waals surface area (Å²) in [6, 6.07) is 0. The van der Waals surface area contributed by atoms with Crippen LogP contribution < -0.4 is 0 Å². The van der Waals surface area contributed by atoms with Gasteiger partial charge in [0.05, 0.1) is 0 Å². The van der Waals surface area contributed by atoms with Crippen LogP contribution in [0.1, 0.15) is 39.6 Å². The second kappa shape index (κ2) is 3.25. The Kier molecular flexibility index (Phi) is 2.07. The monoisotopic (exact) mass is 194 g/mol. The van der Waals surface area contributed by atoms with Crippen LogP contribution in [0.25, 0.3) is 0 Å². The molecule has 0 fully saturated rings. The van der Waals surface area contributed by atoms with Gasteiger partial charge in [0.15, 0.2) is 12.0 Å². The third-order valence-corrected chi connectivity index (χ3v) is 2.43. The molecule has 1 aliphatic heterocycles. The van der Waals surface area contributed by atoms with Crippen LogP contribution in [-0.4, -0.2) is 26.9 Å². The number of hydrogen-bond donors (Lipinski definition) is 1. The summed E-state index contributed by atoms with van der Waals surface area (Å²) in [5, 5.41) is 8.81. The Bertz CT molecular complexity index is 395. The minimum Gasteiger partial charge on any atom is -0.476 e. The Morgan fingerprint density at radius 3 is 2.93 bits per heavy atom. The average molecular weight is 194 g/mol. The second-order valence-corrected chi connectivity index (χ2v) is 3.29. The predicted molar refractivity (Wildman–Crippen MR) is 47.5 cm³/mol. The minimum atomic E-state index is -1.13. The standard InChI is InChI=1S/C9H10N2O3/c12-5-6-8(9(13)14)10-7-3-1-2-4-11(6)7/h5H,1-4H2,(H,13,14). The van der Waals surface area contributed by atoms with Crippen molar-refractivity contribution in [3.63, 3.8) is 0 Å². The van der Waals surface area contributed by atoms with Crippen molar-refractivity contribution in [2.45, 2.75) is 25.8 Å². The molecule has 0 saturated heterocycles. The minimum absolute atomic E-state index is 0.114. The molecule has 1 aliphatic rings. The molecular weight excluding hydrogens is 184 g/mol. The van der Waals surface area contributed by atoms with Crippen LogP contribution in [0.3, 0.4) is 0 Å². The van der Waals surface area contributed by atoms with Gasteiger partial charge in [-0.3, -0.25) is 4.79 Å². The summed E-state index contributed by atoms with van der Waals surface area (Å²) in [7, 11) is 0. The molecular formula is C9H10N2O3. The maximum atomic E-state index is 10.8. The molecule has 2 rings (SSSR count). The molecule has 1 aromatic heterocycles. The number of aromatic nitrogens is 2. The van der Waals surface area contributed by atoms with Gasteiger partial charge < -0.3 is 9.67 Å². The Morgan fingerprint density at radius 2 is 2.29 bits per heavy atom. The first-order chi connectivity index (χ1) is 6.74. The van der Waals surface area contributed by atoms with Crippen molar-refractivity contribution in [1.29, 1.82) is 0 Å². The van der Waals surface area contributed by atoms with E-state index in [0.29, 0.717) is 12.8 Å². The van der Waals surface area contributed by atoms with Crippen molar-refractivity contribution in [2.75, 3.05) is 0 Å². The van der Waals surface area contributed by atoms with Crippen LogP contribution in [0.5, 0.6) is 0 Å². The highest BCUT2D eigenvalue weighted by atomic mass is 16.4. The average Bonchev–Trinajstić information content (AvgIpc) is 2.56. The number of aromatic carboxylic acids is 1. The quantitative estimate of drug-likeness (QED) is 0.704. The number of aryl methyl sites for hydroxylation is 1. The highest BCUT2D eigenvalue weighted by molar-refractivity contribution is 5.94. The van der Waals surface area contributed by atoms with E-state index >= 15 is 0 Å². The van der Waals surface area contributed by atoms with Crippen molar-refractivity contribution >= 4 is 12.3 Å². The zero-order valence-corrected chi connectivity index (χ0v) is 7.56. The van der Waals surface area contributed by atoms with Gasteiger partial charge >= 0.3 is 5.97 Å². The number of carboxylic acids is 1. The van der Waals surface area contributed by atoms with Crippen molar-refractivity contribution in [1.82, 2.24) is 9.55 Å². The first kappa shape index (κ1) is 8.93. The first-order valence-corrected chi connectivity index (χ1v) is 4.52. The van der Waals surface area contributed by atoms with Crippen LogP contribution in [0.2, 0.25) is 0 Å². The largest absolute Gasteiger partial charge is 0.476 e. The number of imidazole rings is 1. The molecule has 5 heteroatoms. The molecule has 0 saturated carbocycles. The van der Waals surface area contributed by atoms with Crippen molar-refractivity contribution < 1.29 is 14.7 Å². The topological polar surface area (TPSA) is 72.2 Å². The Balaban J connectivity index is 2.57. The summed E-state index contributed by atoms with van der Waals surface area (Å²) in [4.78, 5) is 25.5. The van der Waals surface area contributed by atoms with Crippen LogP contribution in [0.15, 0.2) is 0 Å². The lowest BCUT2D eigenvalue weighted by atomic mass is 10.2. The molecule has 1 N–H and O–H groups in total. The number of hydrogen-bond acceptors (Lipinski definition) is 3. The fourth-order valence-corrected chi connectivity index (χ4v) is 1.78. The molecule has 0 spiro atoms. The summed E-state index contributed by atoms with van der Waals surface area (Å²) < 4.78 is 1.71. The van der Waals surface area contributed by atoms with Gasteiger partial charge in [-0.1, -0.05) is 0 Å². The number of carbonyl (C=O) groups is 2. The van der Waals surface area contributed by atoms with Gasteiger partial charge in [-0.2, -0.15) is 0 Å². The molecule has 0 aliphatic carbocycles. The van der Waals surface area contributed by atoms with Crippen molar-refractivity contribution in [2.24, 2.45) is 0 Å². The van der Waals surface area contributed by atoms with Gasteiger partial charge in [0.1, 0.15) is 11.5 Å². The third kappa shape index (κ3) is 1.21. The summed E-state index contributed by atoms with van der Waals surface area (Å²) in [6.07, 6.45) is 3.32. The van der Waals surface area contributed by atoms with Crippen LogP contribution in [0, 0.1) is 0 Å². The second-order valence-electron chi connectivity index (χ2n) is 3.29. The molecule has 0 bridgehead atoms. The lowest BCUT2D eigenvalue weighted by molar-refractivity contribution is 0.0687. The normalized spacial score (nSPS) is 14.9. The van der Waals surface area contributed by atoms with Crippen LogP contribution in [0.4, 0.5) is 0 Å². The highest BCUT2D eigenvalue weighted by Crippen LogP contribution is 2.18. The Labute approximate surface area is 80.4 Å². The molecule has 0 aromatic carbocycles. The van der Waals surface area contributed by atoms with E-state index in [1.165, 1.54) is 0 Å². The van der Waals surface area contributed by atoms with E-state index in [4.69, 9.17) is 5.11 Å². The van der Waals surface area contributed by atoms with E-state index in [2.05, 4.69) is 4.98 Å². The lowest BCUT2D eigenvalue weighted by Crippen LogP contribution is -2.13. The number of nitrogens with zero attached hydrogens (tertiary/aromatic N) is 2. The third-order valence-electron chi connectivity index (χ3n) is 2.43. The molecule has 0 amide bonds. The molecule has 1 aromatic rings. The van der Waals surface area contributed by atoms with E-state index in [0.717, 1.165) is 25.1 Å². The smallest absolute Gasteiger partial charge is 0.356 e. The molecule has 74 valence electrons. The van der Waals surface area contributed by atoms with E-state index in [1.54, 1.807) is 4.57 Å². The van der Waals surface area contributed by atoms with Gasteiger partial charge in [0.25, 0.3) is 0 Å². The predicted octanol–water partition coefficient (Wildman–Crippen LogP) is 0.730. The lowest BCUT2D eigenvalue weighted by Gasteiger charge is -2.13. The Morgan fingerprint density at radius 1 is 1.50 bits per heavy atom. The van der Waals surface area contributed by atoms with Gasteiger partial charge in [0.2, 0.25) is 0 Å². The number of carbonyl (C=O) groups excluding carboxylic acids is 1. The number of aldehydes is 1. The fourth-order valence-electron chi connectivity index (χ4n) is 1.78. The summed E-state index contributed by atoms with van der Waals surface area (Å²) >= 11 is 0. The molecule has 0 unspecified atom stereocenters. The molecule has 0 radical (unpaired) electrons. The van der Waals surface area contributed by atoms with Gasteiger partial charge in [-0.25, -0.2) is 9.78 Å². The van der Waals surface area contributed by atoms with Gasteiger partial charge in [0, 0.05) is 13.0 Å². The van der Waals surface area contributed by atoms with E-state index in [9.17, 15) is 9.59 Å². The van der Waals surface area contributed by atoms with E-state index < -0.39 is 5.97 Å². The molecule has 5 nitrogen and oxygen atoms in total. The Hall–Kier alpha value is -1.65. The number of carboxylic acid groups (broad SMARTS) is 1. The summed E-state index contributed by atoms with van der Waals surface area (Å²) in [5.41, 5.74) is 0.0871. The molecule has 0 atom stereocenters. The fraction of sp³-hybridized carbons (Fsp3) is 0.444. The zero-order valence-electron chi connectivity index (χ0n) is 7.56. The molecule has 14 heavy (non-hydrogen) atoms. The van der Waals surface area contributed by atoms with E-state index in [1.807, 2.05) is 0 Å². The highest BCUT2D eigenvalue weighted by Gasteiger charge is 2.22. The number of fused-ring (bicyclic) bond motifs is 1. The zero-order chi connectivity index (χ0) is 10.1. The van der Waals surface area contributed by atoms with Crippen molar-refractivity contribution in [3.8, 4) is 0 Å². The summed E-state index contributed by atoms with van der Waals surface area (Å²) in [6.45, 7) is 0.698. The van der Waals surface area contributed by atoms with Gasteiger partial charge in [-0.05, 0) is 12.8 Å². The maximum absolute atomic E-state index is 10.8. The van der Waals surface area contributed by atoms with Crippen LogP contribution in [-0.2, 0) is 13.0 Å². The van der Waals surface area contributed by atoms with Crippen molar-refractivity contribution in [3.05, 3.63) is 17.2 Å². The maximum Gasteiger partial charge on any atom is 0.356 e. The SMILES string of the molecule is O=Cc1c(C(=O)O)nc2n1CCCC2. The van der Waals surface area contributed by atoms with Crippen LogP contribution >= 0.6 is 0 Å². The van der Waals surface area contributed by atoms with Gasteiger partial charge in [-0.15, -0.1) is 0 Å². The molecule has 2 heterocycles. The summed E-state index contributed by atoms with van der Waals surface area (Å²) in [5.74, 6) is -0.412.